The number of aryl methyl sites for hydroxylation is 1. The van der Waals surface area contributed by atoms with Crippen LogP contribution in [0, 0.1) is 6.92 Å². The van der Waals surface area contributed by atoms with Gasteiger partial charge in [-0.05, 0) is 53.9 Å². The zero-order chi connectivity index (χ0) is 22.3. The maximum Gasteiger partial charge on any atom is 0.191 e. The third kappa shape index (κ3) is 7.52. The molecule has 0 radical (unpaired) electrons. The molecule has 0 unspecified atom stereocenters. The van der Waals surface area contributed by atoms with Crippen LogP contribution in [0.2, 0.25) is 0 Å². The Morgan fingerprint density at radius 2 is 1.50 bits per heavy atom. The Bertz CT molecular complexity index is 1170. The third-order valence-electron chi connectivity index (χ3n) is 4.66. The zero-order valence-corrected chi connectivity index (χ0v) is 21.5. The van der Waals surface area contributed by atoms with Crippen molar-refractivity contribution in [3.63, 3.8) is 0 Å². The smallest absolute Gasteiger partial charge is 0.191 e. The Morgan fingerprint density at radius 3 is 2.09 bits per heavy atom. The van der Waals surface area contributed by atoms with Crippen LogP contribution in [-0.2, 0) is 22.9 Å². The lowest BCUT2D eigenvalue weighted by Crippen LogP contribution is -2.36. The quantitative estimate of drug-likeness (QED) is 0.247. The second kappa shape index (κ2) is 11.9. The Balaban J connectivity index is 0.00000363. The van der Waals surface area contributed by atoms with Crippen molar-refractivity contribution in [1.29, 1.82) is 0 Å². The summed E-state index contributed by atoms with van der Waals surface area (Å²) in [6.07, 6.45) is 1.22. The van der Waals surface area contributed by atoms with Gasteiger partial charge < -0.3 is 15.4 Å². The van der Waals surface area contributed by atoms with Gasteiger partial charge in [0.05, 0.1) is 4.90 Å². The standard InChI is InChI=1S/C24H27N3O3S.HI/c1-18-14-20(12-13-23(18)31(3,28)29)17-27-24(25-2)26-16-19-8-7-11-22(15-19)30-21-9-5-4-6-10-21;/h4-15H,16-17H2,1-3H3,(H2,25,26,27);1H. The molecule has 0 atom stereocenters. The average molecular weight is 565 g/mol. The highest BCUT2D eigenvalue weighted by Crippen LogP contribution is 2.21. The van der Waals surface area contributed by atoms with E-state index in [0.717, 1.165) is 28.2 Å². The molecule has 6 nitrogen and oxygen atoms in total. The van der Waals surface area contributed by atoms with Crippen LogP contribution < -0.4 is 15.4 Å². The van der Waals surface area contributed by atoms with Crippen molar-refractivity contribution in [3.8, 4) is 11.5 Å². The Kier molecular flexibility index (Phi) is 9.52. The van der Waals surface area contributed by atoms with Gasteiger partial charge in [-0.3, -0.25) is 4.99 Å². The molecule has 32 heavy (non-hydrogen) atoms. The number of hydrogen-bond acceptors (Lipinski definition) is 4. The van der Waals surface area contributed by atoms with E-state index in [0.29, 0.717) is 23.9 Å². The molecular formula is C24H28IN3O3S. The van der Waals surface area contributed by atoms with E-state index in [1.54, 1.807) is 20.0 Å². The number of aliphatic imine (C=N–C) groups is 1. The van der Waals surface area contributed by atoms with Crippen LogP contribution in [0.3, 0.4) is 0 Å². The first-order valence-electron chi connectivity index (χ1n) is 9.91. The minimum absolute atomic E-state index is 0. The van der Waals surface area contributed by atoms with Crippen LogP contribution in [0.4, 0.5) is 0 Å². The van der Waals surface area contributed by atoms with Gasteiger partial charge in [-0.25, -0.2) is 8.42 Å². The molecular weight excluding hydrogens is 537 g/mol. The fourth-order valence-electron chi connectivity index (χ4n) is 3.17. The van der Waals surface area contributed by atoms with E-state index in [4.69, 9.17) is 4.74 Å². The molecule has 3 aromatic rings. The lowest BCUT2D eigenvalue weighted by atomic mass is 10.1. The molecule has 0 spiro atoms. The highest BCUT2D eigenvalue weighted by atomic mass is 127. The van der Waals surface area contributed by atoms with Crippen molar-refractivity contribution in [2.45, 2.75) is 24.9 Å². The predicted octanol–water partition coefficient (Wildman–Crippen LogP) is 4.67. The minimum Gasteiger partial charge on any atom is -0.457 e. The molecule has 0 amide bonds. The second-order valence-electron chi connectivity index (χ2n) is 7.21. The van der Waals surface area contributed by atoms with E-state index >= 15 is 0 Å². The van der Waals surface area contributed by atoms with Crippen molar-refractivity contribution < 1.29 is 13.2 Å². The number of guanidine groups is 1. The first-order valence-corrected chi connectivity index (χ1v) is 11.8. The van der Waals surface area contributed by atoms with Crippen LogP contribution in [0.15, 0.2) is 82.7 Å². The summed E-state index contributed by atoms with van der Waals surface area (Å²) in [6, 6.07) is 22.9. The molecule has 0 saturated carbocycles. The van der Waals surface area contributed by atoms with Gasteiger partial charge in [0, 0.05) is 26.4 Å². The van der Waals surface area contributed by atoms with Crippen LogP contribution in [0.1, 0.15) is 16.7 Å². The van der Waals surface area contributed by atoms with Gasteiger partial charge in [0.1, 0.15) is 11.5 Å². The maximum atomic E-state index is 11.8. The molecule has 0 aliphatic heterocycles. The topological polar surface area (TPSA) is 79.8 Å². The molecule has 0 aliphatic rings. The second-order valence-corrected chi connectivity index (χ2v) is 9.20. The molecule has 2 N–H and O–H groups in total. The van der Waals surface area contributed by atoms with Crippen molar-refractivity contribution in [3.05, 3.63) is 89.5 Å². The maximum absolute atomic E-state index is 11.8. The van der Waals surface area contributed by atoms with E-state index in [1.165, 1.54) is 6.26 Å². The fraction of sp³-hybridized carbons (Fsp3) is 0.208. The lowest BCUT2D eigenvalue weighted by Gasteiger charge is -2.14. The molecule has 0 bridgehead atoms. The van der Waals surface area contributed by atoms with Gasteiger partial charge >= 0.3 is 0 Å². The van der Waals surface area contributed by atoms with Gasteiger partial charge in [0.15, 0.2) is 15.8 Å². The van der Waals surface area contributed by atoms with E-state index in [9.17, 15) is 8.42 Å². The number of hydrogen-bond donors (Lipinski definition) is 2. The van der Waals surface area contributed by atoms with Crippen molar-refractivity contribution >= 4 is 39.8 Å². The molecule has 3 aromatic carbocycles. The van der Waals surface area contributed by atoms with Crippen LogP contribution >= 0.6 is 24.0 Å². The molecule has 0 fully saturated rings. The molecule has 3 rings (SSSR count). The number of halogens is 1. The Hall–Kier alpha value is -2.59. The number of ether oxygens (including phenoxy) is 1. The average Bonchev–Trinajstić information content (AvgIpc) is 2.74. The SMILES string of the molecule is CN=C(NCc1cccc(Oc2ccccc2)c1)NCc1ccc(S(C)(=O)=O)c(C)c1.I. The summed E-state index contributed by atoms with van der Waals surface area (Å²) in [5, 5.41) is 6.54. The Labute approximate surface area is 207 Å². The van der Waals surface area contributed by atoms with Gasteiger partial charge in [0.2, 0.25) is 0 Å². The van der Waals surface area contributed by atoms with Crippen molar-refractivity contribution in [1.82, 2.24) is 10.6 Å². The van der Waals surface area contributed by atoms with Crippen molar-refractivity contribution in [2.24, 2.45) is 4.99 Å². The highest BCUT2D eigenvalue weighted by Gasteiger charge is 2.11. The monoisotopic (exact) mass is 565 g/mol. The number of benzene rings is 3. The summed E-state index contributed by atoms with van der Waals surface area (Å²) in [4.78, 5) is 4.61. The summed E-state index contributed by atoms with van der Waals surface area (Å²) in [5.74, 6) is 2.22. The van der Waals surface area contributed by atoms with E-state index in [-0.39, 0.29) is 24.0 Å². The van der Waals surface area contributed by atoms with Crippen LogP contribution in [0.25, 0.3) is 0 Å². The first-order chi connectivity index (χ1) is 14.8. The summed E-state index contributed by atoms with van der Waals surface area (Å²) in [6.45, 7) is 2.91. The van der Waals surface area contributed by atoms with Crippen molar-refractivity contribution in [2.75, 3.05) is 13.3 Å². The molecule has 0 heterocycles. The molecule has 170 valence electrons. The minimum atomic E-state index is -3.22. The third-order valence-corrected chi connectivity index (χ3v) is 5.92. The number of sulfone groups is 1. The largest absolute Gasteiger partial charge is 0.457 e. The number of rotatable bonds is 7. The summed E-state index contributed by atoms with van der Waals surface area (Å²) in [5.41, 5.74) is 2.77. The Morgan fingerprint density at radius 1 is 0.875 bits per heavy atom. The number of para-hydroxylation sites is 1. The lowest BCUT2D eigenvalue weighted by molar-refractivity contribution is 0.482. The van der Waals surface area contributed by atoms with E-state index < -0.39 is 9.84 Å². The van der Waals surface area contributed by atoms with E-state index in [1.807, 2.05) is 66.7 Å². The van der Waals surface area contributed by atoms with E-state index in [2.05, 4.69) is 15.6 Å². The molecule has 8 heteroatoms. The zero-order valence-electron chi connectivity index (χ0n) is 18.3. The molecule has 0 saturated heterocycles. The highest BCUT2D eigenvalue weighted by molar-refractivity contribution is 14.0. The van der Waals surface area contributed by atoms with Gasteiger partial charge in [-0.15, -0.1) is 24.0 Å². The van der Waals surface area contributed by atoms with Gasteiger partial charge in [-0.1, -0.05) is 42.5 Å². The molecule has 0 aliphatic carbocycles. The van der Waals surface area contributed by atoms with Crippen LogP contribution in [0.5, 0.6) is 11.5 Å². The fourth-order valence-corrected chi connectivity index (χ4v) is 4.13. The predicted molar refractivity (Wildman–Crippen MR) is 140 cm³/mol. The van der Waals surface area contributed by atoms with Crippen LogP contribution in [-0.4, -0.2) is 27.7 Å². The first kappa shape index (κ1) is 25.7. The summed E-state index contributed by atoms with van der Waals surface area (Å²) < 4.78 is 29.4. The number of nitrogens with zero attached hydrogens (tertiary/aromatic N) is 1. The normalized spacial score (nSPS) is 11.4. The summed E-state index contributed by atoms with van der Waals surface area (Å²) in [7, 11) is -1.51. The van der Waals surface area contributed by atoms with Gasteiger partial charge in [-0.2, -0.15) is 0 Å². The summed E-state index contributed by atoms with van der Waals surface area (Å²) >= 11 is 0. The molecule has 0 aromatic heterocycles. The number of nitrogens with one attached hydrogen (secondary N) is 2. The van der Waals surface area contributed by atoms with Gasteiger partial charge in [0.25, 0.3) is 0 Å².